The van der Waals surface area contributed by atoms with Crippen molar-refractivity contribution < 1.29 is 17.9 Å². The maximum atomic E-state index is 12.0. The fourth-order valence-electron chi connectivity index (χ4n) is 1.51. The van der Waals surface area contributed by atoms with E-state index < -0.39 is 12.6 Å². The summed E-state index contributed by atoms with van der Waals surface area (Å²) in [5.41, 5.74) is 1.68. The summed E-state index contributed by atoms with van der Waals surface area (Å²) < 4.78 is 41.1. The van der Waals surface area contributed by atoms with Crippen LogP contribution in [0, 0.1) is 0 Å². The Kier molecular flexibility index (Phi) is 25.5. The lowest BCUT2D eigenvalue weighted by Gasteiger charge is -2.08. The number of anilines is 1. The molecule has 0 fully saturated rings. The molecular weight excluding hydrogens is 387 g/mol. The summed E-state index contributed by atoms with van der Waals surface area (Å²) in [6.45, 7) is 15.0. The zero-order valence-electron chi connectivity index (χ0n) is 20.3. The standard InChI is InChI=1S/C15H18F3NO.2C4H10.C2H6/c1-3-12(5-4-10-15(16,17)18)11-19-13-6-8-14(20-2)9-7-13;2*1-3-4-2;1-2/h3-9,19H,10-11H2,1-2H3;2*3-4H2,1-2H3;1-2H3/b5-4-,12-3+;;;. The number of ether oxygens (including phenoxy) is 1. The van der Waals surface area contributed by atoms with Gasteiger partial charge in [0.2, 0.25) is 0 Å². The number of rotatable bonds is 8. The van der Waals surface area contributed by atoms with Gasteiger partial charge in [0.05, 0.1) is 13.5 Å². The van der Waals surface area contributed by atoms with E-state index in [0.29, 0.717) is 6.54 Å². The molecule has 1 aromatic rings. The van der Waals surface area contributed by atoms with Crippen molar-refractivity contribution >= 4 is 5.69 Å². The lowest BCUT2D eigenvalue weighted by atomic mass is 10.2. The van der Waals surface area contributed by atoms with Crippen LogP contribution in [0.2, 0.25) is 0 Å². The zero-order valence-corrected chi connectivity index (χ0v) is 20.3. The lowest BCUT2D eigenvalue weighted by molar-refractivity contribution is -0.125. The van der Waals surface area contributed by atoms with E-state index in [4.69, 9.17) is 4.74 Å². The minimum absolute atomic E-state index is 0.469. The number of halogens is 3. The smallest absolute Gasteiger partial charge is 0.392 e. The predicted octanol–water partition coefficient (Wildman–Crippen LogP) is 9.20. The first-order valence-corrected chi connectivity index (χ1v) is 11.0. The van der Waals surface area contributed by atoms with E-state index in [9.17, 15) is 13.2 Å². The van der Waals surface area contributed by atoms with E-state index in [2.05, 4.69) is 33.0 Å². The topological polar surface area (TPSA) is 21.3 Å². The number of nitrogens with one attached hydrogen (secondary N) is 1. The van der Waals surface area contributed by atoms with Crippen LogP contribution in [-0.2, 0) is 0 Å². The van der Waals surface area contributed by atoms with Gasteiger partial charge in [-0.25, -0.2) is 0 Å². The number of hydrogen-bond donors (Lipinski definition) is 1. The van der Waals surface area contributed by atoms with Gasteiger partial charge in [0.25, 0.3) is 0 Å². The van der Waals surface area contributed by atoms with E-state index in [1.165, 1.54) is 31.8 Å². The molecule has 0 aliphatic rings. The van der Waals surface area contributed by atoms with Gasteiger partial charge in [0.15, 0.2) is 0 Å². The Morgan fingerprint density at radius 3 is 1.73 bits per heavy atom. The van der Waals surface area contributed by atoms with Crippen molar-refractivity contribution in [2.24, 2.45) is 0 Å². The van der Waals surface area contributed by atoms with Gasteiger partial charge in [0.1, 0.15) is 5.75 Å². The highest BCUT2D eigenvalue weighted by Crippen LogP contribution is 2.20. The van der Waals surface area contributed by atoms with Gasteiger partial charge in [-0.1, -0.05) is 85.5 Å². The van der Waals surface area contributed by atoms with Crippen LogP contribution >= 0.6 is 0 Å². The molecule has 0 aliphatic heterocycles. The molecule has 1 aromatic carbocycles. The van der Waals surface area contributed by atoms with Crippen LogP contribution in [0.1, 0.15) is 80.6 Å². The first-order chi connectivity index (χ1) is 14.3. The summed E-state index contributed by atoms with van der Waals surface area (Å²) in [4.78, 5) is 0. The summed E-state index contributed by atoms with van der Waals surface area (Å²) in [5.74, 6) is 0.756. The van der Waals surface area contributed by atoms with Gasteiger partial charge < -0.3 is 10.1 Å². The molecule has 1 rings (SSSR count). The Labute approximate surface area is 183 Å². The van der Waals surface area contributed by atoms with Gasteiger partial charge in [0, 0.05) is 12.2 Å². The molecule has 0 atom stereocenters. The Hall–Kier alpha value is -1.91. The van der Waals surface area contributed by atoms with Crippen molar-refractivity contribution in [3.8, 4) is 5.75 Å². The summed E-state index contributed by atoms with van der Waals surface area (Å²) in [5, 5.41) is 3.14. The average molecular weight is 432 g/mol. The highest BCUT2D eigenvalue weighted by atomic mass is 19.4. The maximum Gasteiger partial charge on any atom is 0.392 e. The van der Waals surface area contributed by atoms with Gasteiger partial charge in [-0.05, 0) is 36.8 Å². The molecule has 0 saturated carbocycles. The molecule has 0 heterocycles. The van der Waals surface area contributed by atoms with E-state index >= 15 is 0 Å². The van der Waals surface area contributed by atoms with E-state index in [1.807, 2.05) is 38.1 Å². The van der Waals surface area contributed by atoms with Crippen LogP contribution < -0.4 is 10.1 Å². The predicted molar refractivity (Wildman–Crippen MR) is 128 cm³/mol. The first kappa shape index (κ1) is 32.7. The lowest BCUT2D eigenvalue weighted by Crippen LogP contribution is -2.05. The third-order valence-electron chi connectivity index (χ3n) is 3.64. The average Bonchev–Trinajstić information content (AvgIpc) is 2.77. The normalized spacial score (nSPS) is 10.7. The van der Waals surface area contributed by atoms with Crippen molar-refractivity contribution in [1.29, 1.82) is 0 Å². The quantitative estimate of drug-likeness (QED) is 0.414. The van der Waals surface area contributed by atoms with E-state index in [-0.39, 0.29) is 0 Å². The molecule has 0 radical (unpaired) electrons. The van der Waals surface area contributed by atoms with Gasteiger partial charge in [-0.15, -0.1) is 0 Å². The number of allylic oxidation sites excluding steroid dienone is 2. The van der Waals surface area contributed by atoms with Crippen molar-refractivity contribution in [3.05, 3.63) is 48.1 Å². The van der Waals surface area contributed by atoms with Crippen LogP contribution in [0.15, 0.2) is 48.1 Å². The first-order valence-electron chi connectivity index (χ1n) is 11.0. The third kappa shape index (κ3) is 24.1. The second kappa shape index (κ2) is 23.4. The van der Waals surface area contributed by atoms with Crippen molar-refractivity contribution in [3.63, 3.8) is 0 Å². The van der Waals surface area contributed by atoms with E-state index in [1.54, 1.807) is 20.1 Å². The molecule has 30 heavy (non-hydrogen) atoms. The Balaban J connectivity index is -0.000000612. The number of hydrogen-bond acceptors (Lipinski definition) is 2. The summed E-state index contributed by atoms with van der Waals surface area (Å²) in [6, 6.07) is 7.34. The van der Waals surface area contributed by atoms with Crippen LogP contribution in [0.4, 0.5) is 18.9 Å². The minimum atomic E-state index is -4.15. The highest BCUT2D eigenvalue weighted by Gasteiger charge is 2.24. The van der Waals surface area contributed by atoms with Crippen LogP contribution in [-0.4, -0.2) is 19.8 Å². The summed E-state index contributed by atoms with van der Waals surface area (Å²) in [6.07, 6.45) is 4.62. The van der Waals surface area contributed by atoms with Crippen LogP contribution in [0.3, 0.4) is 0 Å². The molecule has 176 valence electrons. The maximum absolute atomic E-state index is 12.0. The Morgan fingerprint density at radius 2 is 1.40 bits per heavy atom. The minimum Gasteiger partial charge on any atom is -0.497 e. The molecular formula is C25H44F3NO. The monoisotopic (exact) mass is 431 g/mol. The third-order valence-corrected chi connectivity index (χ3v) is 3.64. The largest absolute Gasteiger partial charge is 0.497 e. The van der Waals surface area contributed by atoms with Gasteiger partial charge in [-0.3, -0.25) is 0 Å². The van der Waals surface area contributed by atoms with Crippen molar-refractivity contribution in [2.75, 3.05) is 19.0 Å². The Bertz CT molecular complexity index is 512. The zero-order chi connectivity index (χ0) is 23.8. The number of alkyl halides is 3. The van der Waals surface area contributed by atoms with Gasteiger partial charge >= 0.3 is 6.18 Å². The van der Waals surface area contributed by atoms with Crippen molar-refractivity contribution in [2.45, 2.75) is 86.7 Å². The van der Waals surface area contributed by atoms with E-state index in [0.717, 1.165) is 23.1 Å². The molecule has 0 unspecified atom stereocenters. The molecule has 0 amide bonds. The van der Waals surface area contributed by atoms with Crippen molar-refractivity contribution in [1.82, 2.24) is 0 Å². The fraction of sp³-hybridized carbons (Fsp3) is 0.600. The fourth-order valence-corrected chi connectivity index (χ4v) is 1.51. The SMILES string of the molecule is C/C=C(\C=C/CC(F)(F)F)CNc1ccc(OC)cc1.CC.CCCC.CCCC. The molecule has 2 nitrogen and oxygen atoms in total. The number of methoxy groups -OCH3 is 1. The molecule has 1 N–H and O–H groups in total. The molecule has 0 saturated heterocycles. The molecule has 0 bridgehead atoms. The molecule has 0 aromatic heterocycles. The molecule has 0 spiro atoms. The number of unbranched alkanes of at least 4 members (excludes halogenated alkanes) is 2. The number of benzene rings is 1. The van der Waals surface area contributed by atoms with Crippen LogP contribution in [0.5, 0.6) is 5.75 Å². The highest BCUT2D eigenvalue weighted by molar-refractivity contribution is 5.47. The van der Waals surface area contributed by atoms with Gasteiger partial charge in [-0.2, -0.15) is 13.2 Å². The summed E-state index contributed by atoms with van der Waals surface area (Å²) >= 11 is 0. The Morgan fingerprint density at radius 1 is 0.933 bits per heavy atom. The summed E-state index contributed by atoms with van der Waals surface area (Å²) in [7, 11) is 1.59. The van der Waals surface area contributed by atoms with Crippen LogP contribution in [0.25, 0.3) is 0 Å². The molecule has 5 heteroatoms. The second-order valence-electron chi connectivity index (χ2n) is 6.17. The molecule has 0 aliphatic carbocycles. The second-order valence-corrected chi connectivity index (χ2v) is 6.17.